The van der Waals surface area contributed by atoms with E-state index in [-0.39, 0.29) is 102 Å². The van der Waals surface area contributed by atoms with Gasteiger partial charge in [-0.3, -0.25) is 4.79 Å². The van der Waals surface area contributed by atoms with Crippen molar-refractivity contribution in [2.45, 2.75) is 234 Å². The number of aliphatic hydroxyl groups is 1. The van der Waals surface area contributed by atoms with Crippen LogP contribution in [0.2, 0.25) is 18.1 Å². The minimum atomic E-state index is -1.92. The summed E-state index contributed by atoms with van der Waals surface area (Å²) in [6, 6.07) is 8.98. The number of carbonyl (C=O) groups excluding carboxylic acids is 2. The van der Waals surface area contributed by atoms with Gasteiger partial charge in [0, 0.05) is 45.1 Å². The third-order valence-corrected chi connectivity index (χ3v) is 22.0. The second-order valence-electron chi connectivity index (χ2n) is 23.5. The van der Waals surface area contributed by atoms with Gasteiger partial charge < -0.3 is 47.4 Å². The Morgan fingerprint density at radius 1 is 0.836 bits per heavy atom. The number of carbonyl (C=O) groups is 2. The molecule has 9 heterocycles. The van der Waals surface area contributed by atoms with E-state index in [0.29, 0.717) is 75.5 Å². The summed E-state index contributed by atoms with van der Waals surface area (Å²) in [7, 11) is -1.92. The number of Topliss-reactive ketones (excluding diaryl/α,β-unsaturated/α-hetero) is 1. The molecule has 1 spiro atoms. The highest BCUT2D eigenvalue weighted by Gasteiger charge is 2.68. The first-order valence-electron chi connectivity index (χ1n) is 25.9. The maximum atomic E-state index is 14.4. The number of benzene rings is 1. The van der Waals surface area contributed by atoms with Gasteiger partial charge in [0.15, 0.2) is 14.1 Å². The van der Waals surface area contributed by atoms with Crippen molar-refractivity contribution < 1.29 is 57.0 Å². The quantitative estimate of drug-likeness (QED) is 0.159. The summed E-state index contributed by atoms with van der Waals surface area (Å²) in [5, 5.41) is 11.8. The summed E-state index contributed by atoms with van der Waals surface area (Å²) in [6.07, 6.45) is 2.70. The first-order valence-corrected chi connectivity index (χ1v) is 28.8. The molecular formula is C54H80O12Si. The average Bonchev–Trinajstić information content (AvgIpc) is 3.82. The molecule has 9 saturated heterocycles. The normalized spacial score (nSPS) is 43.2. The molecule has 13 heteroatoms. The van der Waals surface area contributed by atoms with Crippen LogP contribution in [0.15, 0.2) is 54.6 Å². The van der Waals surface area contributed by atoms with Gasteiger partial charge in [-0.2, -0.15) is 0 Å². The zero-order valence-electron chi connectivity index (χ0n) is 41.5. The van der Waals surface area contributed by atoms with Crippen LogP contribution in [0.3, 0.4) is 0 Å². The molecular weight excluding hydrogens is 869 g/mol. The van der Waals surface area contributed by atoms with Gasteiger partial charge in [0.05, 0.1) is 54.4 Å². The lowest BCUT2D eigenvalue weighted by atomic mass is 9.78. The van der Waals surface area contributed by atoms with Crippen LogP contribution >= 0.6 is 0 Å². The molecule has 1 aromatic carbocycles. The van der Waals surface area contributed by atoms with Crippen LogP contribution in [-0.4, -0.2) is 123 Å². The maximum absolute atomic E-state index is 14.4. The molecule has 19 unspecified atom stereocenters. The number of aliphatic hydroxyl groups excluding tert-OH is 1. The Morgan fingerprint density at radius 3 is 2.31 bits per heavy atom. The fourth-order valence-electron chi connectivity index (χ4n) is 12.3. The number of ether oxygens (including phenoxy) is 8. The molecule has 10 bridgehead atoms. The predicted octanol–water partition coefficient (Wildman–Crippen LogP) is 9.22. The minimum Gasteiger partial charge on any atom is -0.458 e. The highest BCUT2D eigenvalue weighted by molar-refractivity contribution is 6.74. The van der Waals surface area contributed by atoms with Crippen LogP contribution in [-0.2, 0) is 47.1 Å². The molecule has 372 valence electrons. The van der Waals surface area contributed by atoms with E-state index < -0.39 is 44.5 Å². The van der Waals surface area contributed by atoms with E-state index in [9.17, 15) is 14.7 Å². The second-order valence-corrected chi connectivity index (χ2v) is 28.3. The molecule has 0 aliphatic carbocycles. The first kappa shape index (κ1) is 49.7. The molecule has 9 fully saturated rings. The van der Waals surface area contributed by atoms with Crippen molar-refractivity contribution in [1.82, 2.24) is 0 Å². The number of hydrogen-bond donors (Lipinski definition) is 1. The topological polar surface area (TPSA) is 137 Å². The van der Waals surface area contributed by atoms with E-state index in [1.807, 2.05) is 18.2 Å². The third-order valence-electron chi connectivity index (χ3n) is 17.5. The van der Waals surface area contributed by atoms with E-state index >= 15 is 0 Å². The maximum Gasteiger partial charge on any atom is 0.338 e. The number of esters is 1. The molecule has 9 aliphatic rings. The number of rotatable bonds is 7. The molecule has 0 radical (unpaired) electrons. The van der Waals surface area contributed by atoms with Crippen LogP contribution in [0.25, 0.3) is 0 Å². The van der Waals surface area contributed by atoms with Crippen molar-refractivity contribution in [3.05, 3.63) is 60.2 Å². The van der Waals surface area contributed by atoms with Gasteiger partial charge in [0.2, 0.25) is 0 Å². The molecule has 0 amide bonds. The molecule has 10 rings (SSSR count). The molecule has 67 heavy (non-hydrogen) atoms. The Balaban J connectivity index is 0.967. The van der Waals surface area contributed by atoms with Gasteiger partial charge >= 0.3 is 5.97 Å². The van der Waals surface area contributed by atoms with Crippen LogP contribution in [0, 0.1) is 23.7 Å². The Kier molecular flexibility index (Phi) is 14.6. The van der Waals surface area contributed by atoms with Crippen molar-refractivity contribution in [2.24, 2.45) is 23.7 Å². The molecule has 12 nitrogen and oxygen atoms in total. The van der Waals surface area contributed by atoms with Gasteiger partial charge in [-0.1, -0.05) is 72.9 Å². The second kappa shape index (κ2) is 19.7. The van der Waals surface area contributed by atoms with Crippen LogP contribution in [0.1, 0.15) is 135 Å². The molecule has 0 saturated carbocycles. The summed E-state index contributed by atoms with van der Waals surface area (Å²) in [6.45, 7) is 27.8. The molecule has 1 N–H and O–H groups in total. The number of hydrogen-bond acceptors (Lipinski definition) is 12. The van der Waals surface area contributed by atoms with Gasteiger partial charge in [-0.25, -0.2) is 4.79 Å². The predicted molar refractivity (Wildman–Crippen MR) is 255 cm³/mol. The Labute approximate surface area is 400 Å². The Morgan fingerprint density at radius 2 is 1.55 bits per heavy atom. The summed E-state index contributed by atoms with van der Waals surface area (Å²) >= 11 is 0. The van der Waals surface area contributed by atoms with E-state index in [2.05, 4.69) is 67.8 Å². The third kappa shape index (κ3) is 10.5. The van der Waals surface area contributed by atoms with Crippen molar-refractivity contribution >= 4 is 20.1 Å². The molecule has 19 atom stereocenters. The Bertz CT molecular complexity index is 1950. The van der Waals surface area contributed by atoms with Gasteiger partial charge in [-0.05, 0) is 110 Å². The standard InChI is InChI=1S/C54H80O12Si/c1-30(29-58-67(9,10)53(6,7)8)22-43-34(5)40-26-36(55)25-38-17-19-42-47(60-38)51-50-49(63-42)48-46(64-50)28-54(65-48,66-51)21-20-39(61-52(57)35-14-12-11-13-15-35)24-32(3)41(56)18-16-37-23-31(2)33(4)44(59-37)27-45(40)62-43/h11-15,30-31,34,37-51,56H,3-4,16-29H2,1-2,5-10H3. The van der Waals surface area contributed by atoms with Crippen molar-refractivity contribution in [2.75, 3.05) is 6.61 Å². The van der Waals surface area contributed by atoms with Crippen LogP contribution in [0.5, 0.6) is 0 Å². The first-order chi connectivity index (χ1) is 31.8. The average molecular weight is 949 g/mol. The number of fused-ring (bicyclic) bond motifs is 4. The summed E-state index contributed by atoms with van der Waals surface area (Å²) < 4.78 is 61.2. The van der Waals surface area contributed by atoms with Gasteiger partial charge in [0.1, 0.15) is 42.4 Å². The van der Waals surface area contributed by atoms with E-state index in [1.165, 1.54) is 0 Å². The summed E-state index contributed by atoms with van der Waals surface area (Å²) in [5.74, 6) is -0.604. The lowest BCUT2D eigenvalue weighted by Gasteiger charge is -2.47. The van der Waals surface area contributed by atoms with Crippen LogP contribution < -0.4 is 0 Å². The number of ketones is 1. The van der Waals surface area contributed by atoms with Gasteiger partial charge in [0.25, 0.3) is 0 Å². The minimum absolute atomic E-state index is 0.00159. The summed E-state index contributed by atoms with van der Waals surface area (Å²) in [4.78, 5) is 28.0. The zero-order valence-corrected chi connectivity index (χ0v) is 42.5. The van der Waals surface area contributed by atoms with Crippen molar-refractivity contribution in [3.8, 4) is 0 Å². The highest BCUT2D eigenvalue weighted by atomic mass is 28.4. The fraction of sp³-hybridized carbons (Fsp3) is 0.778. The van der Waals surface area contributed by atoms with E-state index in [4.69, 9.17) is 42.3 Å². The largest absolute Gasteiger partial charge is 0.458 e. The molecule has 1 aromatic rings. The lowest BCUT2D eigenvalue weighted by molar-refractivity contribution is -0.292. The lowest BCUT2D eigenvalue weighted by Crippen LogP contribution is -2.61. The Hall–Kier alpha value is -2.30. The molecule has 9 aliphatic heterocycles. The van der Waals surface area contributed by atoms with Crippen LogP contribution in [0.4, 0.5) is 0 Å². The SMILES string of the molecule is C=C1CC(OC(=O)c2ccccc2)CCC23CC4OC5C(OC6CCC(CC(=O)CC7C(CC8OC(CCC1O)CC(C)C8=C)OC(CC(C)CO[Si](C)(C)C(C)(C)C)C7C)OC6C5O2)C4O3. The monoisotopic (exact) mass is 949 g/mol. The van der Waals surface area contributed by atoms with Crippen molar-refractivity contribution in [3.63, 3.8) is 0 Å². The van der Waals surface area contributed by atoms with Crippen molar-refractivity contribution in [1.29, 1.82) is 0 Å². The fourth-order valence-corrected chi connectivity index (χ4v) is 13.5. The van der Waals surface area contributed by atoms with Gasteiger partial charge in [-0.15, -0.1) is 0 Å². The van der Waals surface area contributed by atoms with E-state index in [0.717, 1.165) is 24.8 Å². The summed E-state index contributed by atoms with van der Waals surface area (Å²) in [5.41, 5.74) is 2.12. The smallest absolute Gasteiger partial charge is 0.338 e. The zero-order chi connectivity index (χ0) is 47.6. The highest BCUT2D eigenvalue weighted by Crippen LogP contribution is 2.54. The molecule has 0 aromatic heterocycles. The van der Waals surface area contributed by atoms with E-state index in [1.54, 1.807) is 12.1 Å².